The monoisotopic (exact) mass is 398 g/mol. The van der Waals surface area contributed by atoms with Gasteiger partial charge in [0.15, 0.2) is 0 Å². The minimum atomic E-state index is -1.39. The van der Waals surface area contributed by atoms with Gasteiger partial charge in [0.05, 0.1) is 5.41 Å². The molecule has 0 aromatic heterocycles. The second-order valence-electron chi connectivity index (χ2n) is 6.36. The number of benzene rings is 2. The summed E-state index contributed by atoms with van der Waals surface area (Å²) in [7, 11) is 0. The van der Waals surface area contributed by atoms with Crippen molar-refractivity contribution in [2.24, 2.45) is 11.5 Å². The molecule has 0 atom stereocenters. The van der Waals surface area contributed by atoms with Crippen molar-refractivity contribution in [2.45, 2.75) is 18.3 Å². The van der Waals surface area contributed by atoms with Crippen LogP contribution in [0.4, 0.5) is 0 Å². The number of rotatable bonds is 8. The molecule has 10 N–H and O–H groups in total. The highest BCUT2D eigenvalue weighted by Crippen LogP contribution is 2.37. The summed E-state index contributed by atoms with van der Waals surface area (Å²) >= 11 is 0. The van der Waals surface area contributed by atoms with Gasteiger partial charge in [0.2, 0.25) is 11.8 Å². The molecule has 0 fully saturated rings. The summed E-state index contributed by atoms with van der Waals surface area (Å²) in [6, 6.07) is 12.4. The summed E-state index contributed by atoms with van der Waals surface area (Å²) in [6.07, 6.45) is -0.0871. The fourth-order valence-electron chi connectivity index (χ4n) is 3.15. The van der Waals surface area contributed by atoms with Gasteiger partial charge in [-0.25, -0.2) is 0 Å². The molecule has 29 heavy (non-hydrogen) atoms. The summed E-state index contributed by atoms with van der Waals surface area (Å²) in [4.78, 5) is 24.1. The first kappa shape index (κ1) is 21.5. The first-order valence-electron chi connectivity index (χ1n) is 8.53. The molecule has 0 radical (unpaired) electrons. The normalized spacial score (nSPS) is 12.5. The number of hydrogen-bond donors (Lipinski definition) is 8. The highest BCUT2D eigenvalue weighted by Gasteiger charge is 2.40. The molecule has 10 nitrogen and oxygen atoms in total. The Kier molecular flexibility index (Phi) is 6.65. The molecule has 0 aliphatic heterocycles. The van der Waals surface area contributed by atoms with Crippen LogP contribution in [0.2, 0.25) is 0 Å². The van der Waals surface area contributed by atoms with Gasteiger partial charge in [0.25, 0.3) is 0 Å². The molecule has 2 rings (SSSR count). The molecule has 0 bridgehead atoms. The minimum absolute atomic E-state index is 0.0156. The molecule has 2 aromatic carbocycles. The molecule has 0 unspecified atom stereocenters. The molecule has 2 aromatic rings. The lowest BCUT2D eigenvalue weighted by molar-refractivity contribution is -0.123. The van der Waals surface area contributed by atoms with Crippen LogP contribution in [0.15, 0.2) is 48.5 Å². The molecule has 10 heteroatoms. The van der Waals surface area contributed by atoms with E-state index in [1.807, 2.05) is 0 Å². The van der Waals surface area contributed by atoms with Crippen molar-refractivity contribution in [3.8, 4) is 0 Å². The number of carbonyl (C=O) groups excluding carboxylic acids is 2. The van der Waals surface area contributed by atoms with Gasteiger partial charge in [-0.3, -0.25) is 41.8 Å². The van der Waals surface area contributed by atoms with E-state index in [0.717, 1.165) is 0 Å². The number of primary amides is 2. The van der Waals surface area contributed by atoms with Crippen LogP contribution in [0.1, 0.15) is 35.1 Å². The van der Waals surface area contributed by atoms with Crippen LogP contribution in [0.3, 0.4) is 0 Å². The van der Waals surface area contributed by atoms with Gasteiger partial charge in [0.1, 0.15) is 11.7 Å². The predicted molar refractivity (Wildman–Crippen MR) is 105 cm³/mol. The number of amidine groups is 2. The van der Waals surface area contributed by atoms with Crippen molar-refractivity contribution in [3.05, 3.63) is 70.8 Å². The van der Waals surface area contributed by atoms with E-state index in [0.29, 0.717) is 22.3 Å². The second-order valence-corrected chi connectivity index (χ2v) is 6.36. The van der Waals surface area contributed by atoms with Crippen LogP contribution in [-0.2, 0) is 15.0 Å². The molecule has 0 saturated heterocycles. The van der Waals surface area contributed by atoms with Crippen LogP contribution in [0.5, 0.6) is 0 Å². The van der Waals surface area contributed by atoms with Crippen LogP contribution < -0.4 is 22.4 Å². The third-order valence-corrected chi connectivity index (χ3v) is 4.72. The summed E-state index contributed by atoms with van der Waals surface area (Å²) in [6.45, 7) is 0. The number of nitrogens with one attached hydrogen (secondary N) is 4. The zero-order valence-corrected chi connectivity index (χ0v) is 15.4. The Hall–Kier alpha value is -3.76. The Morgan fingerprint density at radius 3 is 1.48 bits per heavy atom. The summed E-state index contributed by atoms with van der Waals surface area (Å²) in [5.41, 5.74) is 14.9. The van der Waals surface area contributed by atoms with Crippen molar-refractivity contribution in [2.75, 3.05) is 0 Å². The Bertz CT molecular complexity index is 865. The van der Waals surface area contributed by atoms with E-state index in [4.69, 9.17) is 32.7 Å². The highest BCUT2D eigenvalue weighted by molar-refractivity contribution is 5.97. The third-order valence-electron chi connectivity index (χ3n) is 4.72. The fraction of sp³-hybridized carbons (Fsp3) is 0.158. The van der Waals surface area contributed by atoms with E-state index < -0.39 is 17.2 Å². The number of amides is 2. The van der Waals surface area contributed by atoms with Gasteiger partial charge in [-0.05, 0) is 17.5 Å². The van der Waals surface area contributed by atoms with Gasteiger partial charge in [-0.15, -0.1) is 0 Å². The molecule has 2 amide bonds. The summed E-state index contributed by atoms with van der Waals surface area (Å²) < 4.78 is 0. The Morgan fingerprint density at radius 2 is 1.21 bits per heavy atom. The number of hydroxylamine groups is 2. The maximum atomic E-state index is 12.7. The maximum absolute atomic E-state index is 12.7. The lowest BCUT2D eigenvalue weighted by Crippen LogP contribution is -2.43. The van der Waals surface area contributed by atoms with E-state index in [2.05, 4.69) is 0 Å². The van der Waals surface area contributed by atoms with Crippen molar-refractivity contribution in [3.63, 3.8) is 0 Å². The Labute approximate surface area is 166 Å². The highest BCUT2D eigenvalue weighted by atomic mass is 16.5. The van der Waals surface area contributed by atoms with E-state index in [1.165, 1.54) is 24.3 Å². The first-order valence-corrected chi connectivity index (χ1v) is 8.53. The SMILES string of the molecule is N=C(NO)c1ccc(C(CCC(N)=O)(C(N)=O)c2ccc(C(=N)NO)cc2)cc1. The molecule has 0 heterocycles. The van der Waals surface area contributed by atoms with Gasteiger partial charge < -0.3 is 11.5 Å². The van der Waals surface area contributed by atoms with Gasteiger partial charge in [-0.1, -0.05) is 48.5 Å². The van der Waals surface area contributed by atoms with E-state index >= 15 is 0 Å². The quantitative estimate of drug-likeness (QED) is 0.179. The molecule has 0 saturated carbocycles. The maximum Gasteiger partial charge on any atom is 0.232 e. The molecule has 0 aliphatic rings. The minimum Gasteiger partial charge on any atom is -0.370 e. The van der Waals surface area contributed by atoms with Gasteiger partial charge in [-0.2, -0.15) is 0 Å². The smallest absolute Gasteiger partial charge is 0.232 e. The molecule has 0 aliphatic carbocycles. The van der Waals surface area contributed by atoms with E-state index in [9.17, 15) is 9.59 Å². The first-order chi connectivity index (χ1) is 13.8. The van der Waals surface area contributed by atoms with Crippen molar-refractivity contribution in [1.82, 2.24) is 11.0 Å². The van der Waals surface area contributed by atoms with Crippen LogP contribution >= 0.6 is 0 Å². The topological polar surface area (TPSA) is 198 Å². The van der Waals surface area contributed by atoms with Crippen molar-refractivity contribution >= 4 is 23.5 Å². The predicted octanol–water partition coefficient (Wildman–Crippen LogP) is 0.332. The Morgan fingerprint density at radius 1 is 0.828 bits per heavy atom. The second kappa shape index (κ2) is 8.95. The molecule has 0 spiro atoms. The van der Waals surface area contributed by atoms with Crippen molar-refractivity contribution in [1.29, 1.82) is 10.8 Å². The molecular formula is C19H22N6O4. The number of carbonyl (C=O) groups is 2. The zero-order chi connectivity index (χ0) is 21.6. The average Bonchev–Trinajstić information content (AvgIpc) is 2.73. The van der Waals surface area contributed by atoms with Crippen LogP contribution in [0, 0.1) is 10.8 Å². The molecular weight excluding hydrogens is 376 g/mol. The zero-order valence-electron chi connectivity index (χ0n) is 15.4. The lowest BCUT2D eigenvalue weighted by Gasteiger charge is -2.32. The average molecular weight is 398 g/mol. The fourth-order valence-corrected chi connectivity index (χ4v) is 3.15. The van der Waals surface area contributed by atoms with E-state index in [-0.39, 0.29) is 24.5 Å². The van der Waals surface area contributed by atoms with E-state index in [1.54, 1.807) is 35.2 Å². The van der Waals surface area contributed by atoms with Gasteiger partial charge >= 0.3 is 0 Å². The Balaban J connectivity index is 2.61. The van der Waals surface area contributed by atoms with Crippen LogP contribution in [-0.4, -0.2) is 33.9 Å². The summed E-state index contributed by atoms with van der Waals surface area (Å²) in [5, 5.41) is 33.0. The lowest BCUT2D eigenvalue weighted by atomic mass is 9.70. The summed E-state index contributed by atoms with van der Waals surface area (Å²) in [5.74, 6) is -1.75. The molecule has 152 valence electrons. The number of hydrogen-bond acceptors (Lipinski definition) is 6. The standard InChI is InChI=1S/C19H22N6O4/c20-15(26)9-10-19(18(23)27,13-5-1-11(2-6-13)16(21)24-28)14-7-3-12(4-8-14)17(22)25-29/h1-8,28-29H,9-10H2,(H2,20,26)(H2,21,24)(H2,22,25)(H2,23,27). The largest absolute Gasteiger partial charge is 0.370 e. The van der Waals surface area contributed by atoms with Crippen molar-refractivity contribution < 1.29 is 20.0 Å². The van der Waals surface area contributed by atoms with Gasteiger partial charge in [0, 0.05) is 17.5 Å². The van der Waals surface area contributed by atoms with Crippen LogP contribution in [0.25, 0.3) is 0 Å². The number of nitrogens with two attached hydrogens (primary N) is 2. The third kappa shape index (κ3) is 4.39.